The lowest BCUT2D eigenvalue weighted by atomic mass is 9.97. The standard InChI is InChI=1S/C15H20ClNO2/c1-10-5-13(7-14(16)6-10)15(19)17-8-11-3-2-4-12(11)9-18/h5-7,11-12,18H,2-4,8-9H2,1H3,(H,17,19). The second kappa shape index (κ2) is 6.40. The van der Waals surface area contributed by atoms with E-state index in [1.165, 1.54) is 0 Å². The van der Waals surface area contributed by atoms with Gasteiger partial charge in [0.25, 0.3) is 5.91 Å². The molecule has 1 aliphatic rings. The minimum absolute atomic E-state index is 0.0887. The van der Waals surface area contributed by atoms with Crippen LogP contribution < -0.4 is 5.32 Å². The molecule has 4 heteroatoms. The summed E-state index contributed by atoms with van der Waals surface area (Å²) in [7, 11) is 0. The van der Waals surface area contributed by atoms with Crippen LogP contribution in [0, 0.1) is 18.8 Å². The van der Waals surface area contributed by atoms with E-state index >= 15 is 0 Å². The summed E-state index contributed by atoms with van der Waals surface area (Å²) < 4.78 is 0. The Labute approximate surface area is 119 Å². The van der Waals surface area contributed by atoms with Gasteiger partial charge in [0.15, 0.2) is 0 Å². The molecule has 0 radical (unpaired) electrons. The van der Waals surface area contributed by atoms with Crippen molar-refractivity contribution >= 4 is 17.5 Å². The van der Waals surface area contributed by atoms with Crippen LogP contribution in [-0.4, -0.2) is 24.2 Å². The van der Waals surface area contributed by atoms with Crippen LogP contribution in [0.25, 0.3) is 0 Å². The van der Waals surface area contributed by atoms with E-state index in [1.807, 2.05) is 19.1 Å². The number of rotatable bonds is 4. The number of aliphatic hydroxyl groups is 1. The molecule has 0 heterocycles. The van der Waals surface area contributed by atoms with Gasteiger partial charge in [-0.3, -0.25) is 4.79 Å². The topological polar surface area (TPSA) is 49.3 Å². The largest absolute Gasteiger partial charge is 0.396 e. The first-order chi connectivity index (χ1) is 9.10. The van der Waals surface area contributed by atoms with E-state index in [2.05, 4.69) is 5.32 Å². The summed E-state index contributed by atoms with van der Waals surface area (Å²) in [5.41, 5.74) is 1.58. The van der Waals surface area contributed by atoms with Gasteiger partial charge in [-0.15, -0.1) is 0 Å². The quantitative estimate of drug-likeness (QED) is 0.892. The highest BCUT2D eigenvalue weighted by molar-refractivity contribution is 6.31. The molecule has 2 rings (SSSR count). The zero-order valence-corrected chi connectivity index (χ0v) is 11.9. The molecule has 0 bridgehead atoms. The van der Waals surface area contributed by atoms with Gasteiger partial charge in [-0.1, -0.05) is 18.0 Å². The third-order valence-electron chi connectivity index (χ3n) is 3.88. The highest BCUT2D eigenvalue weighted by atomic mass is 35.5. The summed E-state index contributed by atoms with van der Waals surface area (Å²) >= 11 is 5.95. The average Bonchev–Trinajstić information content (AvgIpc) is 2.82. The number of carbonyl (C=O) groups excluding carboxylic acids is 1. The minimum atomic E-state index is -0.0887. The molecule has 1 aromatic carbocycles. The maximum absolute atomic E-state index is 12.1. The molecular formula is C15H20ClNO2. The number of benzene rings is 1. The predicted molar refractivity (Wildman–Crippen MR) is 76.4 cm³/mol. The van der Waals surface area contributed by atoms with E-state index in [4.69, 9.17) is 11.6 Å². The van der Waals surface area contributed by atoms with E-state index in [-0.39, 0.29) is 12.5 Å². The molecule has 0 aliphatic heterocycles. The zero-order chi connectivity index (χ0) is 13.8. The van der Waals surface area contributed by atoms with E-state index < -0.39 is 0 Å². The van der Waals surface area contributed by atoms with Gasteiger partial charge < -0.3 is 10.4 Å². The third-order valence-corrected chi connectivity index (χ3v) is 4.10. The lowest BCUT2D eigenvalue weighted by Crippen LogP contribution is -2.31. The van der Waals surface area contributed by atoms with E-state index in [1.54, 1.807) is 6.07 Å². The van der Waals surface area contributed by atoms with Crippen LogP contribution in [0.3, 0.4) is 0 Å². The normalized spacial score (nSPS) is 22.5. The van der Waals surface area contributed by atoms with Crippen molar-refractivity contribution in [3.63, 3.8) is 0 Å². The summed E-state index contributed by atoms with van der Waals surface area (Å²) in [6.07, 6.45) is 3.29. The van der Waals surface area contributed by atoms with Crippen molar-refractivity contribution in [1.82, 2.24) is 5.32 Å². The first-order valence-corrected chi connectivity index (χ1v) is 7.14. The molecule has 0 aromatic heterocycles. The Morgan fingerprint density at radius 1 is 1.37 bits per heavy atom. The van der Waals surface area contributed by atoms with Crippen molar-refractivity contribution in [2.24, 2.45) is 11.8 Å². The van der Waals surface area contributed by atoms with Crippen LogP contribution in [0.15, 0.2) is 18.2 Å². The highest BCUT2D eigenvalue weighted by Gasteiger charge is 2.26. The Bertz CT molecular complexity index is 441. The van der Waals surface area contributed by atoms with Crippen molar-refractivity contribution in [1.29, 1.82) is 0 Å². The van der Waals surface area contributed by atoms with Crippen molar-refractivity contribution in [3.8, 4) is 0 Å². The predicted octanol–water partition coefficient (Wildman–Crippen LogP) is 2.79. The van der Waals surface area contributed by atoms with Crippen molar-refractivity contribution in [3.05, 3.63) is 34.3 Å². The number of hydrogen-bond acceptors (Lipinski definition) is 2. The molecule has 1 amide bonds. The number of amides is 1. The summed E-state index contributed by atoms with van der Waals surface area (Å²) in [4.78, 5) is 12.1. The Morgan fingerprint density at radius 3 is 2.79 bits per heavy atom. The Hall–Kier alpha value is -1.06. The highest BCUT2D eigenvalue weighted by Crippen LogP contribution is 2.30. The van der Waals surface area contributed by atoms with Crippen LogP contribution >= 0.6 is 11.6 Å². The van der Waals surface area contributed by atoms with Gasteiger partial charge in [-0.05, 0) is 55.4 Å². The van der Waals surface area contributed by atoms with Crippen LogP contribution in [0.5, 0.6) is 0 Å². The fourth-order valence-electron chi connectivity index (χ4n) is 2.82. The number of aryl methyl sites for hydroxylation is 1. The molecule has 0 spiro atoms. The van der Waals surface area contributed by atoms with E-state index in [9.17, 15) is 9.90 Å². The monoisotopic (exact) mass is 281 g/mol. The molecule has 1 saturated carbocycles. The Morgan fingerprint density at radius 2 is 2.11 bits per heavy atom. The minimum Gasteiger partial charge on any atom is -0.396 e. The summed E-state index contributed by atoms with van der Waals surface area (Å²) in [5.74, 6) is 0.643. The van der Waals surface area contributed by atoms with Crippen LogP contribution in [0.1, 0.15) is 35.2 Å². The first kappa shape index (κ1) is 14.4. The van der Waals surface area contributed by atoms with Crippen LogP contribution in [0.4, 0.5) is 0 Å². The molecule has 2 N–H and O–H groups in total. The molecule has 1 aliphatic carbocycles. The van der Waals surface area contributed by atoms with Crippen LogP contribution in [0.2, 0.25) is 5.02 Å². The number of carbonyl (C=O) groups is 1. The lowest BCUT2D eigenvalue weighted by molar-refractivity contribution is 0.0937. The molecule has 1 aromatic rings. The molecule has 3 nitrogen and oxygen atoms in total. The lowest BCUT2D eigenvalue weighted by Gasteiger charge is -2.17. The van der Waals surface area contributed by atoms with Crippen molar-refractivity contribution < 1.29 is 9.90 Å². The fourth-order valence-corrected chi connectivity index (χ4v) is 3.11. The van der Waals surface area contributed by atoms with Gasteiger partial charge in [0.2, 0.25) is 0 Å². The molecule has 1 fully saturated rings. The maximum atomic E-state index is 12.1. The molecule has 2 atom stereocenters. The van der Waals surface area contributed by atoms with Crippen molar-refractivity contribution in [2.75, 3.05) is 13.2 Å². The van der Waals surface area contributed by atoms with Gasteiger partial charge in [0, 0.05) is 23.7 Å². The smallest absolute Gasteiger partial charge is 0.251 e. The molecule has 0 saturated heterocycles. The van der Waals surface area contributed by atoms with Gasteiger partial charge in [-0.2, -0.15) is 0 Å². The number of aliphatic hydroxyl groups excluding tert-OH is 1. The summed E-state index contributed by atoms with van der Waals surface area (Å²) in [5, 5.41) is 12.8. The SMILES string of the molecule is Cc1cc(Cl)cc(C(=O)NCC2CCCC2CO)c1. The van der Waals surface area contributed by atoms with E-state index in [0.717, 1.165) is 24.8 Å². The first-order valence-electron chi connectivity index (χ1n) is 6.76. The van der Waals surface area contributed by atoms with E-state index in [0.29, 0.717) is 29.0 Å². The average molecular weight is 282 g/mol. The number of hydrogen-bond donors (Lipinski definition) is 2. The second-order valence-electron chi connectivity index (χ2n) is 5.36. The zero-order valence-electron chi connectivity index (χ0n) is 11.2. The van der Waals surface area contributed by atoms with Crippen LogP contribution in [-0.2, 0) is 0 Å². The number of nitrogens with one attached hydrogen (secondary N) is 1. The van der Waals surface area contributed by atoms with Gasteiger partial charge in [-0.25, -0.2) is 0 Å². The Kier molecular flexibility index (Phi) is 4.83. The molecule has 104 valence electrons. The molecule has 19 heavy (non-hydrogen) atoms. The van der Waals surface area contributed by atoms with Crippen molar-refractivity contribution in [2.45, 2.75) is 26.2 Å². The fraction of sp³-hybridized carbons (Fsp3) is 0.533. The maximum Gasteiger partial charge on any atom is 0.251 e. The van der Waals surface area contributed by atoms with Gasteiger partial charge in [0.05, 0.1) is 0 Å². The summed E-state index contributed by atoms with van der Waals surface area (Å²) in [6, 6.07) is 5.35. The van der Waals surface area contributed by atoms with Gasteiger partial charge >= 0.3 is 0 Å². The second-order valence-corrected chi connectivity index (χ2v) is 5.80. The van der Waals surface area contributed by atoms with Gasteiger partial charge in [0.1, 0.15) is 0 Å². The Balaban J connectivity index is 1.94. The number of halogens is 1. The molecule has 2 unspecified atom stereocenters. The summed E-state index contributed by atoms with van der Waals surface area (Å²) in [6.45, 7) is 2.77. The molecular weight excluding hydrogens is 262 g/mol. The third kappa shape index (κ3) is 3.71.